The molecule has 1 aliphatic carbocycles. The second kappa shape index (κ2) is 7.40. The van der Waals surface area contributed by atoms with Crippen molar-refractivity contribution in [3.63, 3.8) is 0 Å². The number of nitrogens with one attached hydrogen (secondary N) is 1. The highest BCUT2D eigenvalue weighted by Gasteiger charge is 2.36. The molecule has 3 rings (SSSR count). The average Bonchev–Trinajstić information content (AvgIpc) is 2.88. The number of carbonyl (C=O) groups is 2. The van der Waals surface area contributed by atoms with Gasteiger partial charge in [-0.2, -0.15) is 5.26 Å². The molecule has 5 nitrogen and oxygen atoms in total. The van der Waals surface area contributed by atoms with Crippen molar-refractivity contribution in [1.82, 2.24) is 5.32 Å². The van der Waals surface area contributed by atoms with Crippen LogP contribution in [0.25, 0.3) is 5.57 Å². The lowest BCUT2D eigenvalue weighted by atomic mass is 9.94. The predicted octanol–water partition coefficient (Wildman–Crippen LogP) is 3.54. The van der Waals surface area contributed by atoms with Crippen molar-refractivity contribution < 1.29 is 9.59 Å². The van der Waals surface area contributed by atoms with Crippen molar-refractivity contribution in [1.29, 1.82) is 5.26 Å². The van der Waals surface area contributed by atoms with Gasteiger partial charge in [0.1, 0.15) is 11.6 Å². The van der Waals surface area contributed by atoms with E-state index < -0.39 is 5.91 Å². The summed E-state index contributed by atoms with van der Waals surface area (Å²) in [6, 6.07) is 7.55. The number of fused-ring (bicyclic) bond motifs is 1. The van der Waals surface area contributed by atoms with Crippen LogP contribution in [0.15, 0.2) is 28.2 Å². The van der Waals surface area contributed by atoms with Crippen molar-refractivity contribution in [2.45, 2.75) is 45.1 Å². The van der Waals surface area contributed by atoms with Gasteiger partial charge in [-0.1, -0.05) is 35.2 Å². The standard InChI is InChI=1S/C19H20BrN3O2/c1-2-23-16-9-8-12(20)10-14(16)17(19(23)25)15(11-21)18(24)22-13-6-4-3-5-7-13/h8-10,13H,2-7H2,1H3,(H,22,24)/b17-15+. The molecule has 0 unspecified atom stereocenters. The fourth-order valence-corrected chi connectivity index (χ4v) is 3.94. The Morgan fingerprint density at radius 3 is 2.72 bits per heavy atom. The van der Waals surface area contributed by atoms with Crippen LogP contribution < -0.4 is 10.2 Å². The predicted molar refractivity (Wildman–Crippen MR) is 99.7 cm³/mol. The van der Waals surface area contributed by atoms with E-state index in [2.05, 4.69) is 21.2 Å². The first-order valence-electron chi connectivity index (χ1n) is 8.63. The molecule has 0 spiro atoms. The van der Waals surface area contributed by atoms with Crippen LogP contribution in [0.1, 0.15) is 44.6 Å². The summed E-state index contributed by atoms with van der Waals surface area (Å²) in [6.07, 6.45) is 5.21. The maximum Gasteiger partial charge on any atom is 0.263 e. The lowest BCUT2D eigenvalue weighted by Gasteiger charge is -2.22. The van der Waals surface area contributed by atoms with Crippen molar-refractivity contribution >= 4 is 39.0 Å². The van der Waals surface area contributed by atoms with Crippen molar-refractivity contribution in [2.24, 2.45) is 0 Å². The molecule has 1 aliphatic heterocycles. The Morgan fingerprint density at radius 2 is 2.08 bits per heavy atom. The molecule has 1 N–H and O–H groups in total. The topological polar surface area (TPSA) is 73.2 Å². The first-order chi connectivity index (χ1) is 12.1. The van der Waals surface area contributed by atoms with Crippen LogP contribution in [-0.2, 0) is 9.59 Å². The van der Waals surface area contributed by atoms with E-state index >= 15 is 0 Å². The molecule has 0 radical (unpaired) electrons. The monoisotopic (exact) mass is 401 g/mol. The Kier molecular flexibility index (Phi) is 5.24. The molecule has 0 aromatic heterocycles. The second-order valence-corrected chi connectivity index (χ2v) is 7.30. The fourth-order valence-electron chi connectivity index (χ4n) is 3.58. The number of rotatable bonds is 3. The van der Waals surface area contributed by atoms with Crippen LogP contribution in [0.2, 0.25) is 0 Å². The molecule has 1 heterocycles. The van der Waals surface area contributed by atoms with Crippen molar-refractivity contribution in [3.8, 4) is 6.07 Å². The number of hydrogen-bond acceptors (Lipinski definition) is 3. The lowest BCUT2D eigenvalue weighted by Crippen LogP contribution is -2.37. The van der Waals surface area contributed by atoms with Crippen LogP contribution in [-0.4, -0.2) is 24.4 Å². The average molecular weight is 402 g/mol. The molecule has 1 aromatic carbocycles. The van der Waals surface area contributed by atoms with Gasteiger partial charge in [0.15, 0.2) is 0 Å². The molecule has 1 fully saturated rings. The van der Waals surface area contributed by atoms with Gasteiger partial charge in [-0.05, 0) is 38.0 Å². The second-order valence-electron chi connectivity index (χ2n) is 6.38. The van der Waals surface area contributed by atoms with Crippen LogP contribution in [0.5, 0.6) is 0 Å². The van der Waals surface area contributed by atoms with E-state index in [4.69, 9.17) is 0 Å². The minimum Gasteiger partial charge on any atom is -0.349 e. The summed E-state index contributed by atoms with van der Waals surface area (Å²) in [5.74, 6) is -0.729. The van der Waals surface area contributed by atoms with Gasteiger partial charge in [0.2, 0.25) is 0 Å². The number of likely N-dealkylation sites (N-methyl/N-ethyl adjacent to an activating group) is 1. The van der Waals surface area contributed by atoms with Crippen LogP contribution in [0, 0.1) is 11.3 Å². The summed E-state index contributed by atoms with van der Waals surface area (Å²) in [7, 11) is 0. The Bertz CT molecular complexity index is 788. The number of anilines is 1. The minimum atomic E-state index is -0.443. The van der Waals surface area contributed by atoms with E-state index in [0.29, 0.717) is 12.1 Å². The highest BCUT2D eigenvalue weighted by atomic mass is 79.9. The van der Waals surface area contributed by atoms with E-state index in [0.717, 1.165) is 35.8 Å². The van der Waals surface area contributed by atoms with Gasteiger partial charge in [-0.15, -0.1) is 0 Å². The summed E-state index contributed by atoms with van der Waals surface area (Å²) >= 11 is 3.41. The number of amides is 2. The van der Waals surface area contributed by atoms with Crippen LogP contribution >= 0.6 is 15.9 Å². The third-order valence-corrected chi connectivity index (χ3v) is 5.32. The summed E-state index contributed by atoms with van der Waals surface area (Å²) in [5, 5.41) is 12.6. The van der Waals surface area contributed by atoms with E-state index in [9.17, 15) is 14.9 Å². The van der Waals surface area contributed by atoms with Gasteiger partial charge in [0.25, 0.3) is 11.8 Å². The van der Waals surface area contributed by atoms with Gasteiger partial charge in [0, 0.05) is 22.6 Å². The Labute approximate surface area is 155 Å². The molecule has 1 aromatic rings. The van der Waals surface area contributed by atoms with Crippen molar-refractivity contribution in [3.05, 3.63) is 33.8 Å². The first-order valence-corrected chi connectivity index (χ1v) is 9.43. The zero-order valence-corrected chi connectivity index (χ0v) is 15.7. The van der Waals surface area contributed by atoms with E-state index in [-0.39, 0.29) is 23.1 Å². The van der Waals surface area contributed by atoms with E-state index in [1.54, 1.807) is 11.0 Å². The fraction of sp³-hybridized carbons (Fsp3) is 0.421. The quantitative estimate of drug-likeness (QED) is 0.621. The van der Waals surface area contributed by atoms with Crippen molar-refractivity contribution in [2.75, 3.05) is 11.4 Å². The third kappa shape index (κ3) is 3.34. The molecule has 25 heavy (non-hydrogen) atoms. The number of benzene rings is 1. The Morgan fingerprint density at radius 1 is 1.36 bits per heavy atom. The number of carbonyl (C=O) groups excluding carboxylic acids is 2. The molecule has 2 aliphatic rings. The zero-order chi connectivity index (χ0) is 18.0. The third-order valence-electron chi connectivity index (χ3n) is 4.82. The first kappa shape index (κ1) is 17.7. The Balaban J connectivity index is 2.01. The molecule has 0 saturated heterocycles. The molecule has 2 amide bonds. The SMILES string of the molecule is CCN1C(=O)/C(=C(\C#N)C(=O)NC2CCCCC2)c2cc(Br)ccc21. The highest BCUT2D eigenvalue weighted by Crippen LogP contribution is 2.39. The molecule has 130 valence electrons. The largest absolute Gasteiger partial charge is 0.349 e. The van der Waals surface area contributed by atoms with Gasteiger partial charge in [0.05, 0.1) is 11.3 Å². The van der Waals surface area contributed by atoms with Gasteiger partial charge in [-0.25, -0.2) is 0 Å². The summed E-state index contributed by atoms with van der Waals surface area (Å²) in [5.41, 5.74) is 1.49. The molecule has 0 bridgehead atoms. The summed E-state index contributed by atoms with van der Waals surface area (Å²) in [4.78, 5) is 27.1. The van der Waals surface area contributed by atoms with Gasteiger partial charge >= 0.3 is 0 Å². The smallest absolute Gasteiger partial charge is 0.263 e. The normalized spacial score (nSPS) is 19.4. The minimum absolute atomic E-state index is 0.0889. The van der Waals surface area contributed by atoms with Crippen LogP contribution in [0.3, 0.4) is 0 Å². The molecule has 1 saturated carbocycles. The van der Waals surface area contributed by atoms with Gasteiger partial charge < -0.3 is 10.2 Å². The number of hydrogen-bond donors (Lipinski definition) is 1. The highest BCUT2D eigenvalue weighted by molar-refractivity contribution is 9.10. The summed E-state index contributed by atoms with van der Waals surface area (Å²) in [6.45, 7) is 2.36. The molecular weight excluding hydrogens is 382 g/mol. The zero-order valence-electron chi connectivity index (χ0n) is 14.1. The number of nitriles is 1. The Hall–Kier alpha value is -2.13. The summed E-state index contributed by atoms with van der Waals surface area (Å²) < 4.78 is 0.805. The molecule has 0 atom stereocenters. The maximum absolute atomic E-state index is 12.8. The molecular formula is C19H20BrN3O2. The number of nitrogens with zero attached hydrogens (tertiary/aromatic N) is 2. The van der Waals surface area contributed by atoms with E-state index in [1.807, 2.05) is 25.1 Å². The van der Waals surface area contributed by atoms with E-state index in [1.165, 1.54) is 6.42 Å². The van der Waals surface area contributed by atoms with Crippen LogP contribution in [0.4, 0.5) is 5.69 Å². The lowest BCUT2D eigenvalue weighted by molar-refractivity contribution is -0.118. The van der Waals surface area contributed by atoms with Gasteiger partial charge in [-0.3, -0.25) is 9.59 Å². The molecule has 6 heteroatoms. The maximum atomic E-state index is 12.8. The number of halogens is 1.